The number of carbonyl (C=O) groups excluding carboxylic acids is 1. The second-order valence-corrected chi connectivity index (χ2v) is 4.18. The molecular weight excluding hydrogens is 217 g/mol. The number of halogens is 2. The number of carbonyl (C=O) groups is 1. The van der Waals surface area contributed by atoms with Gasteiger partial charge in [0.2, 0.25) is 5.91 Å². The van der Waals surface area contributed by atoms with Gasteiger partial charge < -0.3 is 4.90 Å². The molecule has 1 aliphatic heterocycles. The smallest absolute Gasteiger partial charge is 0.227 e. The van der Waals surface area contributed by atoms with Crippen molar-refractivity contribution in [2.45, 2.75) is 25.8 Å². The zero-order valence-corrected chi connectivity index (χ0v) is 9.09. The summed E-state index contributed by atoms with van der Waals surface area (Å²) in [5.74, 6) is -0.465. The molecule has 4 heteroatoms. The molecule has 1 amide bonds. The highest BCUT2D eigenvalue weighted by molar-refractivity contribution is 6.30. The van der Waals surface area contributed by atoms with Crippen LogP contribution in [0.25, 0.3) is 0 Å². The Morgan fingerprint density at radius 3 is 2.80 bits per heavy atom. The van der Waals surface area contributed by atoms with E-state index in [1.165, 1.54) is 11.0 Å². The van der Waals surface area contributed by atoms with Crippen molar-refractivity contribution in [3.05, 3.63) is 29.0 Å². The number of anilines is 1. The summed E-state index contributed by atoms with van der Waals surface area (Å²) in [5, 5.41) is 0.343. The minimum atomic E-state index is -0.440. The average Bonchev–Trinajstić information content (AvgIpc) is 2.48. The van der Waals surface area contributed by atoms with Gasteiger partial charge in [-0.15, -0.1) is 0 Å². The van der Waals surface area contributed by atoms with Crippen LogP contribution < -0.4 is 4.90 Å². The average molecular weight is 228 g/mol. The summed E-state index contributed by atoms with van der Waals surface area (Å²) in [6.45, 7) is 1.92. The minimum Gasteiger partial charge on any atom is -0.307 e. The van der Waals surface area contributed by atoms with Crippen molar-refractivity contribution in [3.8, 4) is 0 Å². The van der Waals surface area contributed by atoms with Crippen molar-refractivity contribution in [2.75, 3.05) is 4.90 Å². The number of nitrogens with zero attached hydrogens (tertiary/aromatic N) is 1. The lowest BCUT2D eigenvalue weighted by molar-refractivity contribution is -0.117. The molecule has 0 spiro atoms. The van der Waals surface area contributed by atoms with E-state index in [0.29, 0.717) is 17.1 Å². The maximum absolute atomic E-state index is 13.6. The van der Waals surface area contributed by atoms with Crippen LogP contribution in [-0.2, 0) is 4.79 Å². The topological polar surface area (TPSA) is 20.3 Å². The molecule has 0 aromatic heterocycles. The number of rotatable bonds is 1. The van der Waals surface area contributed by atoms with Crippen molar-refractivity contribution >= 4 is 23.2 Å². The van der Waals surface area contributed by atoms with E-state index in [4.69, 9.17) is 11.6 Å². The third kappa shape index (κ3) is 1.84. The van der Waals surface area contributed by atoms with Crippen LogP contribution in [0.15, 0.2) is 18.2 Å². The molecule has 1 fully saturated rings. The maximum atomic E-state index is 13.6. The molecule has 1 aromatic carbocycles. The fourth-order valence-electron chi connectivity index (χ4n) is 1.88. The molecule has 1 heterocycles. The lowest BCUT2D eigenvalue weighted by Crippen LogP contribution is -2.31. The summed E-state index contributed by atoms with van der Waals surface area (Å²) in [6.07, 6.45) is 1.27. The fourth-order valence-corrected chi connectivity index (χ4v) is 2.03. The van der Waals surface area contributed by atoms with Crippen LogP contribution >= 0.6 is 11.6 Å². The van der Waals surface area contributed by atoms with Crippen LogP contribution in [0.4, 0.5) is 10.1 Å². The van der Waals surface area contributed by atoms with E-state index >= 15 is 0 Å². The summed E-state index contributed by atoms with van der Waals surface area (Å²) in [5.41, 5.74) is 0.328. The molecule has 1 saturated heterocycles. The van der Waals surface area contributed by atoms with E-state index in [1.54, 1.807) is 12.1 Å². The molecule has 80 valence electrons. The van der Waals surface area contributed by atoms with E-state index in [1.807, 2.05) is 6.92 Å². The summed E-state index contributed by atoms with van der Waals surface area (Å²) in [4.78, 5) is 13.1. The third-order valence-electron chi connectivity index (χ3n) is 2.65. The number of hydrogen-bond donors (Lipinski definition) is 0. The van der Waals surface area contributed by atoms with Crippen molar-refractivity contribution in [1.82, 2.24) is 0 Å². The summed E-state index contributed by atoms with van der Waals surface area (Å²) < 4.78 is 13.6. The zero-order chi connectivity index (χ0) is 11.0. The van der Waals surface area contributed by atoms with E-state index < -0.39 is 5.82 Å². The lowest BCUT2D eigenvalue weighted by Gasteiger charge is -2.22. The number of hydrogen-bond acceptors (Lipinski definition) is 1. The normalized spacial score (nSPS) is 21.1. The Balaban J connectivity index is 2.40. The highest BCUT2D eigenvalue weighted by Crippen LogP contribution is 2.30. The Kier molecular flexibility index (Phi) is 2.65. The lowest BCUT2D eigenvalue weighted by atomic mass is 10.2. The largest absolute Gasteiger partial charge is 0.307 e. The molecule has 2 nitrogen and oxygen atoms in total. The van der Waals surface area contributed by atoms with Crippen LogP contribution in [0.3, 0.4) is 0 Å². The summed E-state index contributed by atoms with van der Waals surface area (Å²) >= 11 is 5.65. The molecule has 1 aliphatic rings. The standard InChI is InChI=1S/C11H11ClFNO/c1-7-2-5-11(15)14(7)10-4-3-8(12)6-9(10)13/h3-4,6-7H,2,5H2,1H3. The molecule has 0 N–H and O–H groups in total. The molecule has 1 aromatic rings. The van der Waals surface area contributed by atoms with Gasteiger partial charge in [-0.05, 0) is 31.5 Å². The SMILES string of the molecule is CC1CCC(=O)N1c1ccc(Cl)cc1F. The first-order valence-corrected chi connectivity index (χ1v) is 5.24. The molecule has 0 aliphatic carbocycles. The zero-order valence-electron chi connectivity index (χ0n) is 8.34. The molecular formula is C11H11ClFNO. The first-order valence-electron chi connectivity index (χ1n) is 4.86. The van der Waals surface area contributed by atoms with E-state index in [2.05, 4.69) is 0 Å². The van der Waals surface area contributed by atoms with Crippen molar-refractivity contribution in [1.29, 1.82) is 0 Å². The molecule has 2 rings (SSSR count). The van der Waals surface area contributed by atoms with Gasteiger partial charge in [0.15, 0.2) is 0 Å². The second kappa shape index (κ2) is 3.81. The van der Waals surface area contributed by atoms with Gasteiger partial charge in [0.25, 0.3) is 0 Å². The monoisotopic (exact) mass is 227 g/mol. The van der Waals surface area contributed by atoms with Gasteiger partial charge in [-0.3, -0.25) is 4.79 Å². The van der Waals surface area contributed by atoms with Gasteiger partial charge in [-0.2, -0.15) is 0 Å². The van der Waals surface area contributed by atoms with Crippen LogP contribution in [0.5, 0.6) is 0 Å². The highest BCUT2D eigenvalue weighted by atomic mass is 35.5. The molecule has 0 radical (unpaired) electrons. The Bertz CT molecular complexity index is 408. The Labute approximate surface area is 92.6 Å². The van der Waals surface area contributed by atoms with E-state index in [-0.39, 0.29) is 11.9 Å². The molecule has 1 atom stereocenters. The van der Waals surface area contributed by atoms with E-state index in [0.717, 1.165) is 6.42 Å². The Morgan fingerprint density at radius 2 is 2.27 bits per heavy atom. The van der Waals surface area contributed by atoms with Gasteiger partial charge in [0.1, 0.15) is 5.82 Å². The van der Waals surface area contributed by atoms with Gasteiger partial charge in [0, 0.05) is 17.5 Å². The quantitative estimate of drug-likeness (QED) is 0.722. The second-order valence-electron chi connectivity index (χ2n) is 3.75. The van der Waals surface area contributed by atoms with Crippen LogP contribution in [0.2, 0.25) is 5.02 Å². The number of amides is 1. The third-order valence-corrected chi connectivity index (χ3v) is 2.89. The molecule has 0 saturated carbocycles. The molecule has 1 unspecified atom stereocenters. The summed E-state index contributed by atoms with van der Waals surface area (Å²) in [6, 6.07) is 4.44. The number of benzene rings is 1. The van der Waals surface area contributed by atoms with Gasteiger partial charge in [-0.1, -0.05) is 11.6 Å². The molecule has 15 heavy (non-hydrogen) atoms. The van der Waals surface area contributed by atoms with Crippen molar-refractivity contribution in [3.63, 3.8) is 0 Å². The van der Waals surface area contributed by atoms with Gasteiger partial charge in [-0.25, -0.2) is 4.39 Å². The summed E-state index contributed by atoms with van der Waals surface area (Å²) in [7, 11) is 0. The Morgan fingerprint density at radius 1 is 1.53 bits per heavy atom. The van der Waals surface area contributed by atoms with Crippen molar-refractivity contribution in [2.24, 2.45) is 0 Å². The highest BCUT2D eigenvalue weighted by Gasteiger charge is 2.30. The van der Waals surface area contributed by atoms with Crippen LogP contribution in [0.1, 0.15) is 19.8 Å². The Hall–Kier alpha value is -1.09. The van der Waals surface area contributed by atoms with E-state index in [9.17, 15) is 9.18 Å². The molecule has 0 bridgehead atoms. The fraction of sp³-hybridized carbons (Fsp3) is 0.364. The van der Waals surface area contributed by atoms with Crippen LogP contribution in [-0.4, -0.2) is 11.9 Å². The van der Waals surface area contributed by atoms with Crippen LogP contribution in [0, 0.1) is 5.82 Å². The van der Waals surface area contributed by atoms with Crippen molar-refractivity contribution < 1.29 is 9.18 Å². The first-order chi connectivity index (χ1) is 7.09. The van der Waals surface area contributed by atoms with Gasteiger partial charge in [0.05, 0.1) is 5.69 Å². The minimum absolute atomic E-state index is 0.0243. The van der Waals surface area contributed by atoms with Gasteiger partial charge >= 0.3 is 0 Å². The predicted octanol–water partition coefficient (Wildman–Crippen LogP) is 2.99. The first kappa shape index (κ1) is 10.4. The predicted molar refractivity (Wildman–Crippen MR) is 57.6 cm³/mol. The maximum Gasteiger partial charge on any atom is 0.227 e.